The Morgan fingerprint density at radius 2 is 1.71 bits per heavy atom. The number of hydrogen-bond acceptors (Lipinski definition) is 2. The van der Waals surface area contributed by atoms with E-state index in [9.17, 15) is 17.2 Å². The van der Waals surface area contributed by atoms with E-state index in [0.717, 1.165) is 12.1 Å². The van der Waals surface area contributed by atoms with Gasteiger partial charge in [-0.05, 0) is 51.8 Å². The van der Waals surface area contributed by atoms with Crippen molar-refractivity contribution in [2.24, 2.45) is 0 Å². The summed E-state index contributed by atoms with van der Waals surface area (Å²) in [5, 5.41) is 0. The molecular weight excluding hydrogens is 432 g/mol. The topological polar surface area (TPSA) is 46.2 Å². The summed E-state index contributed by atoms with van der Waals surface area (Å²) in [6.45, 7) is -0.140. The molecule has 0 bridgehead atoms. The minimum Gasteiger partial charge on any atom is -0.207 e. The first-order valence-electron chi connectivity index (χ1n) is 5.68. The number of hydrogen-bond donors (Lipinski definition) is 1. The second kappa shape index (κ2) is 6.51. The fourth-order valence-corrected chi connectivity index (χ4v) is 4.11. The molecule has 0 saturated heterocycles. The van der Waals surface area contributed by atoms with E-state index in [4.69, 9.17) is 0 Å². The van der Waals surface area contributed by atoms with E-state index >= 15 is 0 Å². The molecule has 0 aliphatic rings. The number of nitrogens with one attached hydrogen (secondary N) is 1. The number of halogens is 4. The molecule has 2 aromatic carbocycles. The van der Waals surface area contributed by atoms with E-state index in [1.54, 1.807) is 12.1 Å². The third-order valence-corrected chi connectivity index (χ3v) is 5.52. The summed E-state index contributed by atoms with van der Waals surface area (Å²) >= 11 is 6.36. The average molecular weight is 441 g/mol. The monoisotopic (exact) mass is 439 g/mol. The van der Waals surface area contributed by atoms with Crippen LogP contribution in [0.3, 0.4) is 0 Å². The molecule has 0 radical (unpaired) electrons. The quantitative estimate of drug-likeness (QED) is 0.781. The first kappa shape index (κ1) is 16.5. The van der Waals surface area contributed by atoms with Gasteiger partial charge < -0.3 is 0 Å². The molecule has 0 saturated carbocycles. The van der Waals surface area contributed by atoms with Gasteiger partial charge in [-0.1, -0.05) is 22.0 Å². The number of benzene rings is 2. The van der Waals surface area contributed by atoms with Crippen molar-refractivity contribution in [2.75, 3.05) is 0 Å². The Morgan fingerprint density at radius 3 is 2.38 bits per heavy atom. The molecule has 21 heavy (non-hydrogen) atoms. The normalized spacial score (nSPS) is 11.6. The van der Waals surface area contributed by atoms with Gasteiger partial charge >= 0.3 is 0 Å². The van der Waals surface area contributed by atoms with Crippen molar-refractivity contribution < 1.29 is 17.2 Å². The minimum atomic E-state index is -3.78. The summed E-state index contributed by atoms with van der Waals surface area (Å²) in [6.07, 6.45) is 0. The highest BCUT2D eigenvalue weighted by molar-refractivity contribution is 9.11. The van der Waals surface area contributed by atoms with Crippen LogP contribution in [0.25, 0.3) is 0 Å². The summed E-state index contributed by atoms with van der Waals surface area (Å²) in [6, 6.07) is 7.95. The van der Waals surface area contributed by atoms with Crippen LogP contribution in [0, 0.1) is 11.6 Å². The summed E-state index contributed by atoms with van der Waals surface area (Å²) in [7, 11) is -3.78. The second-order valence-electron chi connectivity index (χ2n) is 4.15. The van der Waals surface area contributed by atoms with Gasteiger partial charge in [-0.2, -0.15) is 0 Å². The zero-order chi connectivity index (χ0) is 15.6. The van der Waals surface area contributed by atoms with Crippen LogP contribution in [-0.2, 0) is 16.6 Å². The molecule has 0 aliphatic carbocycles. The zero-order valence-electron chi connectivity index (χ0n) is 10.4. The van der Waals surface area contributed by atoms with Gasteiger partial charge in [-0.25, -0.2) is 21.9 Å². The number of rotatable bonds is 4. The van der Waals surface area contributed by atoms with E-state index in [0.29, 0.717) is 14.5 Å². The van der Waals surface area contributed by atoms with Crippen molar-refractivity contribution in [1.29, 1.82) is 0 Å². The highest BCUT2D eigenvalue weighted by Gasteiger charge is 2.18. The SMILES string of the molecule is O=S(=O)(NCc1ccc(F)c(F)c1)c1cc(Br)ccc1Br. The Morgan fingerprint density at radius 1 is 1.00 bits per heavy atom. The van der Waals surface area contributed by atoms with E-state index < -0.39 is 21.7 Å². The number of sulfonamides is 1. The molecule has 0 aliphatic heterocycles. The maximum Gasteiger partial charge on any atom is 0.242 e. The Bertz CT molecular complexity index is 782. The Kier molecular flexibility index (Phi) is 5.13. The minimum absolute atomic E-state index is 0.0551. The molecular formula is C13H9Br2F2NO2S. The smallest absolute Gasteiger partial charge is 0.207 e. The fourth-order valence-electron chi connectivity index (χ4n) is 1.59. The van der Waals surface area contributed by atoms with E-state index in [1.165, 1.54) is 12.1 Å². The third kappa shape index (κ3) is 4.09. The van der Waals surface area contributed by atoms with E-state index in [2.05, 4.69) is 36.6 Å². The lowest BCUT2D eigenvalue weighted by atomic mass is 10.2. The highest BCUT2D eigenvalue weighted by atomic mass is 79.9. The first-order chi connectivity index (χ1) is 9.79. The molecule has 0 heterocycles. The molecule has 3 nitrogen and oxygen atoms in total. The van der Waals surface area contributed by atoms with Crippen molar-refractivity contribution in [3.05, 3.63) is 62.5 Å². The molecule has 0 fully saturated rings. The molecule has 0 spiro atoms. The van der Waals surface area contributed by atoms with Gasteiger partial charge in [0.2, 0.25) is 10.0 Å². The summed E-state index contributed by atoms with van der Waals surface area (Å²) < 4.78 is 53.6. The van der Waals surface area contributed by atoms with Gasteiger partial charge in [-0.15, -0.1) is 0 Å². The highest BCUT2D eigenvalue weighted by Crippen LogP contribution is 2.25. The third-order valence-electron chi connectivity index (χ3n) is 2.63. The zero-order valence-corrected chi connectivity index (χ0v) is 14.4. The predicted octanol–water partition coefficient (Wildman–Crippen LogP) is 3.97. The van der Waals surface area contributed by atoms with Crippen molar-refractivity contribution in [3.63, 3.8) is 0 Å². The van der Waals surface area contributed by atoms with Crippen molar-refractivity contribution in [2.45, 2.75) is 11.4 Å². The molecule has 0 unspecified atom stereocenters. The van der Waals surface area contributed by atoms with Crippen molar-refractivity contribution >= 4 is 41.9 Å². The Hall–Kier alpha value is -0.830. The second-order valence-corrected chi connectivity index (χ2v) is 7.65. The average Bonchev–Trinajstić information content (AvgIpc) is 2.43. The van der Waals surface area contributed by atoms with Gasteiger partial charge in [0.05, 0.1) is 4.90 Å². The van der Waals surface area contributed by atoms with Crippen molar-refractivity contribution in [3.8, 4) is 0 Å². The van der Waals surface area contributed by atoms with Crippen LogP contribution in [0.1, 0.15) is 5.56 Å². The van der Waals surface area contributed by atoms with Gasteiger partial charge in [-0.3, -0.25) is 0 Å². The van der Waals surface area contributed by atoms with Crippen LogP contribution in [0.2, 0.25) is 0 Å². The standard InChI is InChI=1S/C13H9Br2F2NO2S/c14-9-2-3-10(15)13(6-9)21(19,20)18-7-8-1-4-11(16)12(17)5-8/h1-6,18H,7H2. The van der Waals surface area contributed by atoms with Gasteiger partial charge in [0.25, 0.3) is 0 Å². The molecule has 1 N–H and O–H groups in total. The van der Waals surface area contributed by atoms with Crippen LogP contribution >= 0.6 is 31.9 Å². The first-order valence-corrected chi connectivity index (χ1v) is 8.75. The van der Waals surface area contributed by atoms with Gasteiger partial charge in [0, 0.05) is 15.5 Å². The lowest BCUT2D eigenvalue weighted by molar-refractivity contribution is 0.506. The van der Waals surface area contributed by atoms with Crippen LogP contribution in [0.15, 0.2) is 50.2 Å². The Balaban J connectivity index is 2.21. The molecule has 0 aromatic heterocycles. The maximum absolute atomic E-state index is 13.1. The predicted molar refractivity (Wildman–Crippen MR) is 82.2 cm³/mol. The molecule has 0 atom stereocenters. The lowest BCUT2D eigenvalue weighted by Gasteiger charge is -2.09. The molecule has 2 rings (SSSR count). The van der Waals surface area contributed by atoms with Gasteiger partial charge in [0.1, 0.15) is 0 Å². The fraction of sp³-hybridized carbons (Fsp3) is 0.0769. The van der Waals surface area contributed by atoms with Crippen LogP contribution in [0.5, 0.6) is 0 Å². The van der Waals surface area contributed by atoms with Crippen LogP contribution < -0.4 is 4.72 Å². The van der Waals surface area contributed by atoms with Crippen molar-refractivity contribution in [1.82, 2.24) is 4.72 Å². The summed E-state index contributed by atoms with van der Waals surface area (Å²) in [4.78, 5) is 0.0551. The van der Waals surface area contributed by atoms with E-state index in [-0.39, 0.29) is 11.4 Å². The summed E-state index contributed by atoms with van der Waals surface area (Å²) in [5.74, 6) is -1.99. The largest absolute Gasteiger partial charge is 0.242 e. The molecule has 8 heteroatoms. The van der Waals surface area contributed by atoms with Gasteiger partial charge in [0.15, 0.2) is 11.6 Å². The van der Waals surface area contributed by atoms with Crippen LogP contribution in [-0.4, -0.2) is 8.42 Å². The maximum atomic E-state index is 13.1. The summed E-state index contributed by atoms with van der Waals surface area (Å²) in [5.41, 5.74) is 0.323. The van der Waals surface area contributed by atoms with E-state index in [1.807, 2.05) is 0 Å². The molecule has 2 aromatic rings. The Labute approximate surface area is 137 Å². The molecule has 0 amide bonds. The van der Waals surface area contributed by atoms with Crippen LogP contribution in [0.4, 0.5) is 8.78 Å². The lowest BCUT2D eigenvalue weighted by Crippen LogP contribution is -2.23. The molecule has 112 valence electrons.